The summed E-state index contributed by atoms with van der Waals surface area (Å²) in [7, 11) is 0. The average Bonchev–Trinajstić information content (AvgIpc) is 3.02. The van der Waals surface area contributed by atoms with Crippen molar-refractivity contribution in [3.63, 3.8) is 0 Å². The number of halogens is 3. The molecular formula is C20H17F3N2O2S. The van der Waals surface area contributed by atoms with Gasteiger partial charge in [-0.05, 0) is 42.2 Å². The first-order valence-electron chi connectivity index (χ1n) is 8.74. The minimum Gasteiger partial charge on any atom is -0.422 e. The van der Waals surface area contributed by atoms with Crippen LogP contribution < -0.4 is 5.32 Å². The Labute approximate surface area is 164 Å². The van der Waals surface area contributed by atoms with Crippen LogP contribution in [0.5, 0.6) is 0 Å². The summed E-state index contributed by atoms with van der Waals surface area (Å²) < 4.78 is 43.9. The van der Waals surface area contributed by atoms with E-state index in [2.05, 4.69) is 22.9 Å². The topological polar surface area (TPSA) is 58.3 Å². The summed E-state index contributed by atoms with van der Waals surface area (Å²) >= 11 is 4.29. The van der Waals surface area contributed by atoms with E-state index in [-0.39, 0.29) is 22.9 Å². The molecular weight excluding hydrogens is 389 g/mol. The molecule has 0 fully saturated rings. The number of anilines is 2. The van der Waals surface area contributed by atoms with Crippen molar-refractivity contribution < 1.29 is 22.7 Å². The van der Waals surface area contributed by atoms with E-state index in [4.69, 9.17) is 4.42 Å². The van der Waals surface area contributed by atoms with Crippen LogP contribution >= 0.6 is 12.6 Å². The molecule has 0 bridgehead atoms. The first kappa shape index (κ1) is 18.9. The molecule has 28 heavy (non-hydrogen) atoms. The van der Waals surface area contributed by atoms with Crippen molar-refractivity contribution in [3.05, 3.63) is 59.2 Å². The third-order valence-corrected chi connectivity index (χ3v) is 5.09. The molecule has 1 aromatic heterocycles. The molecule has 0 unspecified atom stereocenters. The van der Waals surface area contributed by atoms with E-state index in [0.717, 1.165) is 41.8 Å². The number of aliphatic hydroxyl groups is 1. The van der Waals surface area contributed by atoms with Gasteiger partial charge in [0.15, 0.2) is 5.76 Å². The maximum absolute atomic E-state index is 12.7. The number of aromatic nitrogens is 1. The molecule has 4 rings (SSSR count). The molecule has 2 N–H and O–H groups in total. The highest BCUT2D eigenvalue weighted by Gasteiger charge is 2.30. The van der Waals surface area contributed by atoms with E-state index in [0.29, 0.717) is 12.0 Å². The SMILES string of the molecule is O[C@H]1CCc2cccc(Nc3nc(S)c(-c4ccc(C(F)(F)F)cc4)o3)c2C1. The summed E-state index contributed by atoms with van der Waals surface area (Å²) in [5.41, 5.74) is 2.67. The van der Waals surface area contributed by atoms with Gasteiger partial charge in [0.2, 0.25) is 0 Å². The number of nitrogens with one attached hydrogen (secondary N) is 1. The molecule has 1 heterocycles. The lowest BCUT2D eigenvalue weighted by atomic mass is 9.88. The third-order valence-electron chi connectivity index (χ3n) is 4.78. The number of benzene rings is 2. The maximum Gasteiger partial charge on any atom is 0.416 e. The predicted octanol–water partition coefficient (Wildman–Crippen LogP) is 5.24. The van der Waals surface area contributed by atoms with Crippen LogP contribution in [0.4, 0.5) is 24.9 Å². The van der Waals surface area contributed by atoms with Gasteiger partial charge in [0, 0.05) is 17.7 Å². The van der Waals surface area contributed by atoms with Crippen molar-refractivity contribution in [1.29, 1.82) is 0 Å². The molecule has 0 spiro atoms. The summed E-state index contributed by atoms with van der Waals surface area (Å²) in [6.45, 7) is 0. The summed E-state index contributed by atoms with van der Waals surface area (Å²) in [5.74, 6) is 0.282. The average molecular weight is 406 g/mol. The molecule has 0 radical (unpaired) electrons. The number of thiol groups is 1. The number of hydrogen-bond acceptors (Lipinski definition) is 5. The van der Waals surface area contributed by atoms with Gasteiger partial charge in [-0.2, -0.15) is 18.2 Å². The summed E-state index contributed by atoms with van der Waals surface area (Å²) in [6.07, 6.45) is -2.71. The molecule has 1 atom stereocenters. The second-order valence-corrected chi connectivity index (χ2v) is 7.14. The van der Waals surface area contributed by atoms with Gasteiger partial charge < -0.3 is 14.8 Å². The Morgan fingerprint density at radius 3 is 2.61 bits per heavy atom. The van der Waals surface area contributed by atoms with Crippen LogP contribution in [0.25, 0.3) is 11.3 Å². The van der Waals surface area contributed by atoms with E-state index in [1.54, 1.807) is 0 Å². The van der Waals surface area contributed by atoms with Crippen molar-refractivity contribution in [2.45, 2.75) is 36.6 Å². The van der Waals surface area contributed by atoms with Crippen molar-refractivity contribution in [3.8, 4) is 11.3 Å². The van der Waals surface area contributed by atoms with Crippen LogP contribution in [-0.2, 0) is 19.0 Å². The number of alkyl halides is 3. The number of hydrogen-bond donors (Lipinski definition) is 3. The van der Waals surface area contributed by atoms with E-state index in [9.17, 15) is 18.3 Å². The van der Waals surface area contributed by atoms with Gasteiger partial charge >= 0.3 is 12.2 Å². The Morgan fingerprint density at radius 2 is 1.89 bits per heavy atom. The molecule has 0 aliphatic heterocycles. The highest BCUT2D eigenvalue weighted by Crippen LogP contribution is 2.35. The van der Waals surface area contributed by atoms with E-state index in [1.807, 2.05) is 18.2 Å². The lowest BCUT2D eigenvalue weighted by Crippen LogP contribution is -2.19. The fraction of sp³-hybridized carbons (Fsp3) is 0.250. The van der Waals surface area contributed by atoms with Crippen LogP contribution in [0.2, 0.25) is 0 Å². The van der Waals surface area contributed by atoms with Crippen LogP contribution in [0, 0.1) is 0 Å². The molecule has 0 amide bonds. The number of aliphatic hydroxyl groups excluding tert-OH is 1. The zero-order chi connectivity index (χ0) is 19.9. The van der Waals surface area contributed by atoms with Gasteiger partial charge in [-0.25, -0.2) is 0 Å². The maximum atomic E-state index is 12.7. The van der Waals surface area contributed by atoms with Gasteiger partial charge in [-0.15, -0.1) is 12.6 Å². The fourth-order valence-corrected chi connectivity index (χ4v) is 3.63. The van der Waals surface area contributed by atoms with E-state index in [1.165, 1.54) is 12.1 Å². The summed E-state index contributed by atoms with van der Waals surface area (Å²) in [6, 6.07) is 10.6. The van der Waals surface area contributed by atoms with E-state index < -0.39 is 11.7 Å². The molecule has 2 aromatic carbocycles. The number of fused-ring (bicyclic) bond motifs is 1. The molecule has 146 valence electrons. The lowest BCUT2D eigenvalue weighted by molar-refractivity contribution is -0.137. The highest BCUT2D eigenvalue weighted by atomic mass is 32.1. The number of rotatable bonds is 3. The molecule has 8 heteroatoms. The van der Waals surface area contributed by atoms with Crippen molar-refractivity contribution >= 4 is 24.3 Å². The first-order chi connectivity index (χ1) is 13.3. The minimum absolute atomic E-state index is 0.188. The Balaban J connectivity index is 1.61. The second kappa shape index (κ2) is 7.18. The molecule has 1 aliphatic rings. The predicted molar refractivity (Wildman–Crippen MR) is 102 cm³/mol. The Morgan fingerprint density at radius 1 is 1.14 bits per heavy atom. The lowest BCUT2D eigenvalue weighted by Gasteiger charge is -2.23. The van der Waals surface area contributed by atoms with Gasteiger partial charge in [0.1, 0.15) is 5.03 Å². The van der Waals surface area contributed by atoms with Crippen molar-refractivity contribution in [2.24, 2.45) is 0 Å². The minimum atomic E-state index is -4.40. The summed E-state index contributed by atoms with van der Waals surface area (Å²) in [5, 5.41) is 13.3. The third kappa shape index (κ3) is 3.74. The number of aryl methyl sites for hydroxylation is 1. The van der Waals surface area contributed by atoms with Crippen molar-refractivity contribution in [1.82, 2.24) is 4.98 Å². The van der Waals surface area contributed by atoms with Crippen LogP contribution in [0.15, 0.2) is 51.9 Å². The Hall–Kier alpha value is -2.45. The number of oxazole rings is 1. The van der Waals surface area contributed by atoms with Gasteiger partial charge in [-0.3, -0.25) is 0 Å². The van der Waals surface area contributed by atoms with E-state index >= 15 is 0 Å². The van der Waals surface area contributed by atoms with Crippen LogP contribution in [0.1, 0.15) is 23.1 Å². The molecule has 4 nitrogen and oxygen atoms in total. The largest absolute Gasteiger partial charge is 0.422 e. The van der Waals surface area contributed by atoms with Crippen LogP contribution in [0.3, 0.4) is 0 Å². The normalized spacial score (nSPS) is 16.7. The van der Waals surface area contributed by atoms with Gasteiger partial charge in [0.05, 0.1) is 11.7 Å². The Bertz CT molecular complexity index is 1000. The Kier molecular flexibility index (Phi) is 4.84. The van der Waals surface area contributed by atoms with Crippen molar-refractivity contribution in [2.75, 3.05) is 5.32 Å². The van der Waals surface area contributed by atoms with Crippen LogP contribution in [-0.4, -0.2) is 16.2 Å². The smallest absolute Gasteiger partial charge is 0.416 e. The monoisotopic (exact) mass is 406 g/mol. The molecule has 0 saturated carbocycles. The standard InChI is InChI=1S/C20H17F3N2O2S/c21-20(22,23)13-7-4-12(5-8-13)17-18(28)25-19(27-17)24-16-3-1-2-11-6-9-14(26)10-15(11)16/h1-5,7-8,14,26,28H,6,9-10H2,(H,24,25)/t14-/m0/s1. The number of nitrogens with zero attached hydrogens (tertiary/aromatic N) is 1. The molecule has 0 saturated heterocycles. The zero-order valence-corrected chi connectivity index (χ0v) is 15.5. The molecule has 1 aliphatic carbocycles. The molecule has 3 aromatic rings. The second-order valence-electron chi connectivity index (χ2n) is 6.71. The fourth-order valence-electron chi connectivity index (χ4n) is 3.37. The first-order valence-corrected chi connectivity index (χ1v) is 9.19. The van der Waals surface area contributed by atoms with Gasteiger partial charge in [-0.1, -0.05) is 24.3 Å². The highest BCUT2D eigenvalue weighted by molar-refractivity contribution is 7.80. The summed E-state index contributed by atoms with van der Waals surface area (Å²) in [4.78, 5) is 4.22. The quantitative estimate of drug-likeness (QED) is 0.521. The van der Waals surface area contributed by atoms with Gasteiger partial charge in [0.25, 0.3) is 0 Å². The zero-order valence-electron chi connectivity index (χ0n) is 14.6.